The number of Topliss-reactive ketones (excluding diaryl/α,β-unsaturated/α-hetero) is 1. The molecule has 4 bridgehead atoms. The molecule has 1 aromatic heterocycles. The number of nitrogens with zero attached hydrogens (tertiary/aromatic N) is 1. The van der Waals surface area contributed by atoms with Gasteiger partial charge in [-0.1, -0.05) is 23.2 Å². The molecule has 4 aliphatic carbocycles. The molecule has 6 heteroatoms. The van der Waals surface area contributed by atoms with E-state index in [1.165, 1.54) is 19.3 Å². The third-order valence-electron chi connectivity index (χ3n) is 7.70. The van der Waals surface area contributed by atoms with Crippen LogP contribution in [0, 0.1) is 37.0 Å². The minimum atomic E-state index is -0.341. The Bertz CT molecular complexity index is 1040. The van der Waals surface area contributed by atoms with Gasteiger partial charge in [-0.3, -0.25) is 9.59 Å². The van der Waals surface area contributed by atoms with E-state index in [1.807, 2.05) is 30.5 Å². The van der Waals surface area contributed by atoms with Crippen LogP contribution in [0.15, 0.2) is 24.3 Å². The van der Waals surface area contributed by atoms with Crippen LogP contribution in [0.3, 0.4) is 0 Å². The Morgan fingerprint density at radius 1 is 1.00 bits per heavy atom. The number of ether oxygens (including phenoxy) is 1. The molecule has 6 rings (SSSR count). The van der Waals surface area contributed by atoms with Crippen molar-refractivity contribution in [2.24, 2.45) is 23.2 Å². The minimum absolute atomic E-state index is 0.154. The molecule has 1 heterocycles. The van der Waals surface area contributed by atoms with E-state index in [4.69, 9.17) is 27.9 Å². The van der Waals surface area contributed by atoms with Crippen molar-refractivity contribution in [1.82, 2.24) is 4.57 Å². The molecule has 164 valence electrons. The summed E-state index contributed by atoms with van der Waals surface area (Å²) in [7, 11) is 0. The monoisotopic (exact) mass is 459 g/mol. The van der Waals surface area contributed by atoms with Crippen LogP contribution in [-0.2, 0) is 9.53 Å². The number of halogens is 2. The van der Waals surface area contributed by atoms with Gasteiger partial charge in [-0.25, -0.2) is 0 Å². The summed E-state index contributed by atoms with van der Waals surface area (Å²) in [4.78, 5) is 26.1. The van der Waals surface area contributed by atoms with Gasteiger partial charge in [0.1, 0.15) is 0 Å². The lowest BCUT2D eigenvalue weighted by Crippen LogP contribution is -2.50. The molecule has 1 aromatic carbocycles. The summed E-state index contributed by atoms with van der Waals surface area (Å²) in [6, 6.07) is 7.24. The fourth-order valence-corrected chi connectivity index (χ4v) is 7.08. The van der Waals surface area contributed by atoms with Crippen LogP contribution in [-0.4, -0.2) is 22.9 Å². The molecule has 4 aliphatic rings. The molecule has 0 amide bonds. The highest BCUT2D eigenvalue weighted by molar-refractivity contribution is 6.42. The first-order valence-electron chi connectivity index (χ1n) is 11.1. The van der Waals surface area contributed by atoms with Gasteiger partial charge in [-0.15, -0.1) is 0 Å². The number of ketones is 1. The van der Waals surface area contributed by atoms with Gasteiger partial charge in [0.05, 0.1) is 15.5 Å². The highest BCUT2D eigenvalue weighted by Gasteiger charge is 2.55. The van der Waals surface area contributed by atoms with Crippen molar-refractivity contribution in [3.63, 3.8) is 0 Å². The molecule has 0 aliphatic heterocycles. The zero-order valence-corrected chi connectivity index (χ0v) is 19.4. The SMILES string of the molecule is Cc1cc(C(=O)COC(=O)C23CC4CC(CC(C4)C2)C3)c(C)n1-c1ccc(Cl)c(Cl)c1. The summed E-state index contributed by atoms with van der Waals surface area (Å²) in [6.07, 6.45) is 6.64. The average molecular weight is 460 g/mol. The summed E-state index contributed by atoms with van der Waals surface area (Å²) >= 11 is 12.2. The lowest BCUT2D eigenvalue weighted by molar-refractivity contribution is -0.170. The first-order chi connectivity index (χ1) is 14.8. The third kappa shape index (κ3) is 3.62. The number of rotatable bonds is 5. The molecule has 0 spiro atoms. The number of hydrogen-bond acceptors (Lipinski definition) is 3. The predicted molar refractivity (Wildman–Crippen MR) is 121 cm³/mol. The van der Waals surface area contributed by atoms with Crippen LogP contribution in [0.2, 0.25) is 10.0 Å². The molecule has 0 radical (unpaired) electrons. The molecule has 0 atom stereocenters. The maximum atomic E-state index is 13.1. The second-order valence-corrected chi connectivity index (χ2v) is 10.7. The number of hydrogen-bond donors (Lipinski definition) is 0. The molecule has 2 aromatic rings. The Labute approximate surface area is 192 Å². The summed E-state index contributed by atoms with van der Waals surface area (Å²) in [5.74, 6) is 1.68. The van der Waals surface area contributed by atoms with E-state index >= 15 is 0 Å². The van der Waals surface area contributed by atoms with E-state index in [0.717, 1.165) is 36.3 Å². The van der Waals surface area contributed by atoms with E-state index in [2.05, 4.69) is 0 Å². The van der Waals surface area contributed by atoms with Crippen LogP contribution in [0.25, 0.3) is 5.69 Å². The average Bonchev–Trinajstić information content (AvgIpc) is 3.01. The molecular formula is C25H27Cl2NO3. The highest BCUT2D eigenvalue weighted by Crippen LogP contribution is 2.60. The molecule has 0 N–H and O–H groups in total. The fourth-order valence-electron chi connectivity index (χ4n) is 6.79. The molecule has 0 saturated heterocycles. The molecule has 0 unspecified atom stereocenters. The number of carbonyl (C=O) groups is 2. The molecule has 4 fully saturated rings. The molecular weight excluding hydrogens is 433 g/mol. The summed E-state index contributed by atoms with van der Waals surface area (Å²) in [5, 5.41) is 0.949. The van der Waals surface area contributed by atoms with Crippen LogP contribution in [0.1, 0.15) is 60.3 Å². The zero-order chi connectivity index (χ0) is 21.9. The first-order valence-corrected chi connectivity index (χ1v) is 11.9. The van der Waals surface area contributed by atoms with Crippen LogP contribution < -0.4 is 0 Å². The Morgan fingerprint density at radius 3 is 2.19 bits per heavy atom. The number of esters is 1. The fraction of sp³-hybridized carbons (Fsp3) is 0.520. The highest BCUT2D eigenvalue weighted by atomic mass is 35.5. The Hall–Kier alpha value is -1.78. The summed E-state index contributed by atoms with van der Waals surface area (Å²) in [5.41, 5.74) is 2.78. The Kier molecular flexibility index (Phi) is 5.22. The topological polar surface area (TPSA) is 48.3 Å². The molecule has 4 nitrogen and oxygen atoms in total. The van der Waals surface area contributed by atoms with Gasteiger partial charge >= 0.3 is 5.97 Å². The number of aromatic nitrogens is 1. The van der Waals surface area contributed by atoms with Crippen molar-refractivity contribution in [3.8, 4) is 5.69 Å². The van der Waals surface area contributed by atoms with Gasteiger partial charge < -0.3 is 9.30 Å². The first kappa shape index (κ1) is 21.1. The number of benzene rings is 1. The van der Waals surface area contributed by atoms with E-state index in [1.54, 1.807) is 12.1 Å². The van der Waals surface area contributed by atoms with Crippen molar-refractivity contribution < 1.29 is 14.3 Å². The maximum Gasteiger partial charge on any atom is 0.312 e. The molecule has 4 saturated carbocycles. The minimum Gasteiger partial charge on any atom is -0.457 e. The van der Waals surface area contributed by atoms with Crippen molar-refractivity contribution in [2.45, 2.75) is 52.4 Å². The quantitative estimate of drug-likeness (QED) is 0.386. The van der Waals surface area contributed by atoms with Crippen molar-refractivity contribution in [3.05, 3.63) is 51.3 Å². The standard InChI is InChI=1S/C25H27Cl2NO3/c1-14-5-20(15(2)28(14)19-3-4-21(26)22(27)9-19)23(29)13-31-24(30)25-10-16-6-17(11-25)8-18(7-16)12-25/h3-5,9,16-18H,6-8,10-13H2,1-2H3. The zero-order valence-electron chi connectivity index (χ0n) is 17.9. The summed E-state index contributed by atoms with van der Waals surface area (Å²) in [6.45, 7) is 3.63. The van der Waals surface area contributed by atoms with E-state index in [-0.39, 0.29) is 23.8 Å². The van der Waals surface area contributed by atoms with Crippen LogP contribution in [0.4, 0.5) is 0 Å². The second kappa shape index (κ2) is 7.67. The largest absolute Gasteiger partial charge is 0.457 e. The van der Waals surface area contributed by atoms with Gasteiger partial charge in [0.15, 0.2) is 6.61 Å². The van der Waals surface area contributed by atoms with Gasteiger partial charge in [0.2, 0.25) is 5.78 Å². The predicted octanol–water partition coefficient (Wildman–Crippen LogP) is 6.34. The third-order valence-corrected chi connectivity index (χ3v) is 8.44. The maximum absolute atomic E-state index is 13.1. The van der Waals surface area contributed by atoms with Gasteiger partial charge in [-0.05, 0) is 94.4 Å². The van der Waals surface area contributed by atoms with Gasteiger partial charge in [0, 0.05) is 22.6 Å². The van der Waals surface area contributed by atoms with E-state index in [0.29, 0.717) is 33.4 Å². The van der Waals surface area contributed by atoms with Crippen molar-refractivity contribution in [2.75, 3.05) is 6.61 Å². The number of aryl methyl sites for hydroxylation is 1. The van der Waals surface area contributed by atoms with Gasteiger partial charge in [-0.2, -0.15) is 0 Å². The smallest absolute Gasteiger partial charge is 0.312 e. The lowest BCUT2D eigenvalue weighted by Gasteiger charge is -2.55. The van der Waals surface area contributed by atoms with E-state index in [9.17, 15) is 9.59 Å². The second-order valence-electron chi connectivity index (χ2n) is 9.92. The van der Waals surface area contributed by atoms with Crippen molar-refractivity contribution >= 4 is 35.0 Å². The Morgan fingerprint density at radius 2 is 1.61 bits per heavy atom. The van der Waals surface area contributed by atoms with Crippen molar-refractivity contribution in [1.29, 1.82) is 0 Å². The van der Waals surface area contributed by atoms with E-state index < -0.39 is 0 Å². The lowest BCUT2D eigenvalue weighted by atomic mass is 9.49. The Balaban J connectivity index is 1.31. The summed E-state index contributed by atoms with van der Waals surface area (Å²) < 4.78 is 7.62. The normalized spacial score (nSPS) is 28.7. The van der Waals surface area contributed by atoms with Crippen LogP contribution >= 0.6 is 23.2 Å². The van der Waals surface area contributed by atoms with Crippen LogP contribution in [0.5, 0.6) is 0 Å². The van der Waals surface area contributed by atoms with Gasteiger partial charge in [0.25, 0.3) is 0 Å². The molecule has 31 heavy (non-hydrogen) atoms. The number of carbonyl (C=O) groups excluding carboxylic acids is 2.